The molecule has 3 heteroatoms. The highest BCUT2D eigenvalue weighted by molar-refractivity contribution is 5.95. The summed E-state index contributed by atoms with van der Waals surface area (Å²) in [6, 6.07) is 20.9. The molecule has 27 heavy (non-hydrogen) atoms. The van der Waals surface area contributed by atoms with Gasteiger partial charge in [0.1, 0.15) is 0 Å². The molecule has 2 N–H and O–H groups in total. The molecule has 0 unspecified atom stereocenters. The Morgan fingerprint density at radius 2 is 1.67 bits per heavy atom. The van der Waals surface area contributed by atoms with E-state index in [9.17, 15) is 4.79 Å². The van der Waals surface area contributed by atoms with E-state index in [1.165, 1.54) is 30.4 Å². The Morgan fingerprint density at radius 3 is 2.30 bits per heavy atom. The van der Waals surface area contributed by atoms with Gasteiger partial charge in [-0.25, -0.2) is 0 Å². The highest BCUT2D eigenvalue weighted by Crippen LogP contribution is 2.27. The van der Waals surface area contributed by atoms with Crippen LogP contribution in [0.5, 0.6) is 0 Å². The van der Waals surface area contributed by atoms with E-state index in [0.29, 0.717) is 12.1 Å². The van der Waals surface area contributed by atoms with Crippen molar-refractivity contribution in [2.45, 2.75) is 46.1 Å². The summed E-state index contributed by atoms with van der Waals surface area (Å²) in [4.78, 5) is 11.9. The molecule has 2 aromatic carbocycles. The van der Waals surface area contributed by atoms with Gasteiger partial charge in [0.25, 0.3) is 5.91 Å². The molecule has 0 saturated carbocycles. The van der Waals surface area contributed by atoms with E-state index in [0.717, 1.165) is 23.4 Å². The van der Waals surface area contributed by atoms with Gasteiger partial charge in [-0.3, -0.25) is 4.79 Å². The molecule has 1 aromatic heterocycles. The lowest BCUT2D eigenvalue weighted by molar-refractivity contribution is 0.0999. The lowest BCUT2D eigenvalue weighted by atomic mass is 10.0. The molecule has 0 radical (unpaired) electrons. The van der Waals surface area contributed by atoms with E-state index in [1.807, 2.05) is 31.2 Å². The minimum absolute atomic E-state index is 0.378. The number of rotatable bonds is 8. The smallest absolute Gasteiger partial charge is 0.250 e. The van der Waals surface area contributed by atoms with Crippen molar-refractivity contribution in [3.05, 3.63) is 83.0 Å². The number of aryl methyl sites for hydroxylation is 1. The molecule has 3 rings (SSSR count). The van der Waals surface area contributed by atoms with E-state index in [-0.39, 0.29) is 5.91 Å². The molecule has 0 fully saturated rings. The van der Waals surface area contributed by atoms with Gasteiger partial charge in [-0.2, -0.15) is 0 Å². The Labute approximate surface area is 161 Å². The van der Waals surface area contributed by atoms with E-state index in [4.69, 9.17) is 5.73 Å². The van der Waals surface area contributed by atoms with Crippen molar-refractivity contribution in [2.75, 3.05) is 0 Å². The highest BCUT2D eigenvalue weighted by atomic mass is 16.1. The third kappa shape index (κ3) is 4.48. The van der Waals surface area contributed by atoms with Crippen molar-refractivity contribution in [1.29, 1.82) is 0 Å². The van der Waals surface area contributed by atoms with Crippen molar-refractivity contribution in [3.63, 3.8) is 0 Å². The standard InChI is InChI=1S/C24H28N2O/c1-3-4-6-9-19-12-14-21(15-13-19)23-16-22(24(25)27)18(2)26(23)17-20-10-7-5-8-11-20/h5,7-8,10-16H,3-4,6,9,17H2,1-2H3,(H2,25,27). The predicted octanol–water partition coefficient (Wildman–Crippen LogP) is 5.34. The molecule has 1 amide bonds. The zero-order valence-corrected chi connectivity index (χ0v) is 16.2. The number of carbonyl (C=O) groups excluding carboxylic acids is 1. The summed E-state index contributed by atoms with van der Waals surface area (Å²) in [5, 5.41) is 0. The van der Waals surface area contributed by atoms with E-state index < -0.39 is 0 Å². The van der Waals surface area contributed by atoms with Crippen LogP contribution in [0.25, 0.3) is 11.3 Å². The Kier molecular flexibility index (Phi) is 6.12. The second-order valence-electron chi connectivity index (χ2n) is 7.12. The normalized spacial score (nSPS) is 10.9. The first-order valence-electron chi connectivity index (χ1n) is 9.73. The molecule has 1 heterocycles. The quantitative estimate of drug-likeness (QED) is 0.541. The number of unbranched alkanes of at least 4 members (excludes halogenated alkanes) is 2. The Hall–Kier alpha value is -2.81. The predicted molar refractivity (Wildman–Crippen MR) is 112 cm³/mol. The topological polar surface area (TPSA) is 48.0 Å². The summed E-state index contributed by atoms with van der Waals surface area (Å²) in [6.07, 6.45) is 4.85. The number of benzene rings is 2. The minimum Gasteiger partial charge on any atom is -0.366 e. The average Bonchev–Trinajstić information content (AvgIpc) is 3.00. The lowest BCUT2D eigenvalue weighted by Gasteiger charge is -2.13. The number of hydrogen-bond acceptors (Lipinski definition) is 1. The fraction of sp³-hybridized carbons (Fsp3) is 0.292. The lowest BCUT2D eigenvalue weighted by Crippen LogP contribution is -2.12. The molecule has 0 saturated heterocycles. The van der Waals surface area contributed by atoms with Crippen LogP contribution < -0.4 is 5.73 Å². The fourth-order valence-corrected chi connectivity index (χ4v) is 3.52. The molecule has 0 atom stereocenters. The van der Waals surface area contributed by atoms with Crippen LogP contribution in [-0.4, -0.2) is 10.5 Å². The number of aromatic nitrogens is 1. The third-order valence-electron chi connectivity index (χ3n) is 5.13. The second-order valence-corrected chi connectivity index (χ2v) is 7.12. The molecule has 0 aliphatic heterocycles. The van der Waals surface area contributed by atoms with Crippen LogP contribution in [0.4, 0.5) is 0 Å². The Balaban J connectivity index is 1.94. The van der Waals surface area contributed by atoms with Gasteiger partial charge in [-0.15, -0.1) is 0 Å². The molecular weight excluding hydrogens is 332 g/mol. The first-order valence-corrected chi connectivity index (χ1v) is 9.73. The van der Waals surface area contributed by atoms with Crippen molar-refractivity contribution in [2.24, 2.45) is 5.73 Å². The molecule has 3 nitrogen and oxygen atoms in total. The van der Waals surface area contributed by atoms with Crippen LogP contribution in [0.15, 0.2) is 60.7 Å². The number of amides is 1. The summed E-state index contributed by atoms with van der Waals surface area (Å²) in [5.41, 5.74) is 11.8. The average molecular weight is 361 g/mol. The minimum atomic E-state index is -0.378. The summed E-state index contributed by atoms with van der Waals surface area (Å²) >= 11 is 0. The largest absolute Gasteiger partial charge is 0.366 e. The summed E-state index contributed by atoms with van der Waals surface area (Å²) in [5.74, 6) is -0.378. The summed E-state index contributed by atoms with van der Waals surface area (Å²) in [6.45, 7) is 4.90. The van der Waals surface area contributed by atoms with E-state index >= 15 is 0 Å². The number of carbonyl (C=O) groups is 1. The van der Waals surface area contributed by atoms with Gasteiger partial charge >= 0.3 is 0 Å². The molecular formula is C24H28N2O. The molecule has 0 spiro atoms. The Morgan fingerprint density at radius 1 is 0.963 bits per heavy atom. The van der Waals surface area contributed by atoms with Crippen LogP contribution >= 0.6 is 0 Å². The second kappa shape index (κ2) is 8.72. The number of hydrogen-bond donors (Lipinski definition) is 1. The van der Waals surface area contributed by atoms with Crippen LogP contribution in [-0.2, 0) is 13.0 Å². The van der Waals surface area contributed by atoms with Gasteiger partial charge in [-0.1, -0.05) is 74.4 Å². The van der Waals surface area contributed by atoms with Crippen LogP contribution in [0.3, 0.4) is 0 Å². The maximum absolute atomic E-state index is 11.9. The SMILES string of the molecule is CCCCCc1ccc(-c2cc(C(N)=O)c(C)n2Cc2ccccc2)cc1. The van der Waals surface area contributed by atoms with E-state index in [1.54, 1.807) is 0 Å². The summed E-state index contributed by atoms with van der Waals surface area (Å²) in [7, 11) is 0. The van der Waals surface area contributed by atoms with Gasteiger partial charge in [0.05, 0.1) is 5.56 Å². The number of nitrogens with zero attached hydrogens (tertiary/aromatic N) is 1. The van der Waals surface area contributed by atoms with Crippen molar-refractivity contribution in [1.82, 2.24) is 4.57 Å². The summed E-state index contributed by atoms with van der Waals surface area (Å²) < 4.78 is 2.18. The van der Waals surface area contributed by atoms with E-state index in [2.05, 4.69) is 47.9 Å². The maximum Gasteiger partial charge on any atom is 0.250 e. The molecule has 3 aromatic rings. The molecule has 0 aliphatic carbocycles. The van der Waals surface area contributed by atoms with Gasteiger partial charge in [-0.05, 0) is 42.5 Å². The highest BCUT2D eigenvalue weighted by Gasteiger charge is 2.17. The third-order valence-corrected chi connectivity index (χ3v) is 5.13. The Bertz CT molecular complexity index is 892. The number of primary amides is 1. The zero-order chi connectivity index (χ0) is 19.2. The monoisotopic (exact) mass is 360 g/mol. The first-order chi connectivity index (χ1) is 13.1. The maximum atomic E-state index is 11.9. The van der Waals surface area contributed by atoms with Gasteiger partial charge in [0, 0.05) is 17.9 Å². The van der Waals surface area contributed by atoms with Crippen molar-refractivity contribution < 1.29 is 4.79 Å². The first kappa shape index (κ1) is 19.0. The molecule has 0 bridgehead atoms. The van der Waals surface area contributed by atoms with Gasteiger partial charge < -0.3 is 10.3 Å². The van der Waals surface area contributed by atoms with Crippen molar-refractivity contribution >= 4 is 5.91 Å². The number of nitrogens with two attached hydrogens (primary N) is 1. The van der Waals surface area contributed by atoms with Crippen LogP contribution in [0.1, 0.15) is 53.4 Å². The van der Waals surface area contributed by atoms with Gasteiger partial charge in [0.2, 0.25) is 0 Å². The fourth-order valence-electron chi connectivity index (χ4n) is 3.52. The van der Waals surface area contributed by atoms with Crippen molar-refractivity contribution in [3.8, 4) is 11.3 Å². The van der Waals surface area contributed by atoms with Gasteiger partial charge in [0.15, 0.2) is 0 Å². The molecule has 0 aliphatic rings. The van der Waals surface area contributed by atoms with Crippen LogP contribution in [0.2, 0.25) is 0 Å². The zero-order valence-electron chi connectivity index (χ0n) is 16.2. The molecule has 140 valence electrons. The van der Waals surface area contributed by atoms with Crippen LogP contribution in [0, 0.1) is 6.92 Å².